The van der Waals surface area contributed by atoms with Crippen molar-refractivity contribution in [1.82, 2.24) is 0 Å². The monoisotopic (exact) mass is 293 g/mol. The van der Waals surface area contributed by atoms with Gasteiger partial charge in [-0.2, -0.15) is 0 Å². The zero-order valence-electron chi connectivity index (χ0n) is 7.47. The van der Waals surface area contributed by atoms with Crippen LogP contribution in [0.15, 0.2) is 24.3 Å². The van der Waals surface area contributed by atoms with E-state index in [1.54, 1.807) is 0 Å². The molecule has 0 atom stereocenters. The van der Waals surface area contributed by atoms with Crippen molar-refractivity contribution in [1.29, 1.82) is 0 Å². The summed E-state index contributed by atoms with van der Waals surface area (Å²) in [6.45, 7) is 0. The second-order valence-electron chi connectivity index (χ2n) is 2.71. The molecule has 0 amide bonds. The van der Waals surface area contributed by atoms with Gasteiger partial charge in [0, 0.05) is 5.69 Å². The summed E-state index contributed by atoms with van der Waals surface area (Å²) in [4.78, 5) is 10.6. The minimum Gasteiger partial charge on any atom is -0.478 e. The Morgan fingerprint density at radius 3 is 2.67 bits per heavy atom. The van der Waals surface area contributed by atoms with Gasteiger partial charge in [0.1, 0.15) is 4.66 Å². The van der Waals surface area contributed by atoms with Gasteiger partial charge in [-0.25, -0.2) is 13.2 Å². The number of halogens is 1. The molecule has 15 heavy (non-hydrogen) atoms. The molecule has 0 aliphatic rings. The Labute approximate surface area is 95.3 Å². The van der Waals surface area contributed by atoms with E-state index < -0.39 is 16.0 Å². The van der Waals surface area contributed by atoms with Gasteiger partial charge in [-0.1, -0.05) is 22.0 Å². The van der Waals surface area contributed by atoms with Crippen LogP contribution >= 0.6 is 15.9 Å². The third kappa shape index (κ3) is 3.52. The molecule has 0 fully saturated rings. The Kier molecular flexibility index (Phi) is 3.70. The maximum Gasteiger partial charge on any atom is 0.335 e. The van der Waals surface area contributed by atoms with Gasteiger partial charge in [-0.15, -0.1) is 0 Å². The third-order valence-electron chi connectivity index (χ3n) is 1.53. The fourth-order valence-electron chi connectivity index (χ4n) is 0.923. The van der Waals surface area contributed by atoms with Crippen LogP contribution in [-0.2, 0) is 10.0 Å². The smallest absolute Gasteiger partial charge is 0.335 e. The number of anilines is 1. The lowest BCUT2D eigenvalue weighted by molar-refractivity contribution is 0.0697. The molecule has 0 bridgehead atoms. The molecule has 0 aliphatic heterocycles. The molecule has 0 aromatic heterocycles. The highest BCUT2D eigenvalue weighted by Gasteiger charge is 2.09. The molecule has 7 heteroatoms. The second-order valence-corrected chi connectivity index (χ2v) is 5.74. The Balaban J connectivity index is 2.97. The Morgan fingerprint density at radius 1 is 1.47 bits per heavy atom. The summed E-state index contributed by atoms with van der Waals surface area (Å²) < 4.78 is 24.3. The van der Waals surface area contributed by atoms with Crippen molar-refractivity contribution in [2.24, 2.45) is 0 Å². The molecule has 5 nitrogen and oxygen atoms in total. The van der Waals surface area contributed by atoms with Gasteiger partial charge in [0.05, 0.1) is 5.56 Å². The summed E-state index contributed by atoms with van der Waals surface area (Å²) in [6, 6.07) is 5.58. The maximum absolute atomic E-state index is 11.1. The largest absolute Gasteiger partial charge is 0.478 e. The average Bonchev–Trinajstić information content (AvgIpc) is 2.17. The quantitative estimate of drug-likeness (QED) is 0.824. The number of carboxylic acid groups (broad SMARTS) is 1. The van der Waals surface area contributed by atoms with E-state index in [-0.39, 0.29) is 15.9 Å². The lowest BCUT2D eigenvalue weighted by Crippen LogP contribution is -2.13. The van der Waals surface area contributed by atoms with Gasteiger partial charge in [-0.3, -0.25) is 4.72 Å². The number of alkyl halides is 1. The summed E-state index contributed by atoms with van der Waals surface area (Å²) in [5.74, 6) is -1.10. The highest BCUT2D eigenvalue weighted by molar-refractivity contribution is 9.10. The van der Waals surface area contributed by atoms with E-state index in [9.17, 15) is 13.2 Å². The van der Waals surface area contributed by atoms with Crippen LogP contribution < -0.4 is 4.72 Å². The zero-order valence-corrected chi connectivity index (χ0v) is 9.88. The molecule has 2 N–H and O–H groups in total. The minimum atomic E-state index is -3.44. The number of rotatable bonds is 4. The summed E-state index contributed by atoms with van der Waals surface area (Å²) in [5, 5.41) is 8.68. The van der Waals surface area contributed by atoms with Gasteiger partial charge < -0.3 is 5.11 Å². The molecule has 1 aromatic carbocycles. The molecule has 1 rings (SSSR count). The standard InChI is InChI=1S/C8H8BrNO4S/c9-5-15(13,14)10-7-3-1-2-6(4-7)8(11)12/h1-4,10H,5H2,(H,11,12). The van der Waals surface area contributed by atoms with Gasteiger partial charge in [0.15, 0.2) is 0 Å². The molecule has 1 aromatic rings. The van der Waals surface area contributed by atoms with Crippen LogP contribution in [0.2, 0.25) is 0 Å². The molecule has 0 spiro atoms. The molecule has 0 aliphatic carbocycles. The molecule has 0 unspecified atom stereocenters. The van der Waals surface area contributed by atoms with E-state index >= 15 is 0 Å². The van der Waals surface area contributed by atoms with Gasteiger partial charge in [0.2, 0.25) is 10.0 Å². The minimum absolute atomic E-state index is 0.0322. The maximum atomic E-state index is 11.1. The summed E-state index contributed by atoms with van der Waals surface area (Å²) in [5.41, 5.74) is 0.263. The van der Waals surface area contributed by atoms with E-state index in [2.05, 4.69) is 20.7 Å². The van der Waals surface area contributed by atoms with Crippen LogP contribution in [0.3, 0.4) is 0 Å². The number of benzene rings is 1. The number of carbonyl (C=O) groups is 1. The van der Waals surface area contributed by atoms with E-state index in [1.165, 1.54) is 24.3 Å². The van der Waals surface area contributed by atoms with Crippen LogP contribution in [0.5, 0.6) is 0 Å². The number of aromatic carboxylic acids is 1. The SMILES string of the molecule is O=C(O)c1cccc(NS(=O)(=O)CBr)c1. The summed E-state index contributed by atoms with van der Waals surface area (Å²) >= 11 is 2.81. The number of nitrogens with one attached hydrogen (secondary N) is 1. The van der Waals surface area contributed by atoms with Crippen LogP contribution in [-0.4, -0.2) is 24.2 Å². The molecule has 0 saturated carbocycles. The highest BCUT2D eigenvalue weighted by Crippen LogP contribution is 2.13. The molecular weight excluding hydrogens is 286 g/mol. The topological polar surface area (TPSA) is 83.5 Å². The van der Waals surface area contributed by atoms with Crippen LogP contribution in [0.25, 0.3) is 0 Å². The van der Waals surface area contributed by atoms with Gasteiger partial charge in [0.25, 0.3) is 0 Å². The molecule has 82 valence electrons. The van der Waals surface area contributed by atoms with E-state index in [4.69, 9.17) is 5.11 Å². The zero-order chi connectivity index (χ0) is 11.5. The first-order valence-corrected chi connectivity index (χ1v) is 6.62. The number of carboxylic acids is 1. The lowest BCUT2D eigenvalue weighted by atomic mass is 10.2. The van der Waals surface area contributed by atoms with E-state index in [0.29, 0.717) is 0 Å². The third-order valence-corrected chi connectivity index (χ3v) is 4.17. The average molecular weight is 294 g/mol. The number of hydrogen-bond donors (Lipinski definition) is 2. The van der Waals surface area contributed by atoms with Crippen molar-refractivity contribution in [2.45, 2.75) is 0 Å². The van der Waals surface area contributed by atoms with Crippen molar-refractivity contribution in [2.75, 3.05) is 9.38 Å². The Bertz CT molecular complexity index is 471. The van der Waals surface area contributed by atoms with Crippen LogP contribution in [0.1, 0.15) is 10.4 Å². The molecule has 0 saturated heterocycles. The second kappa shape index (κ2) is 4.63. The van der Waals surface area contributed by atoms with Crippen molar-refractivity contribution in [3.8, 4) is 0 Å². The molecule has 0 heterocycles. The predicted molar refractivity (Wildman–Crippen MR) is 59.7 cm³/mol. The highest BCUT2D eigenvalue weighted by atomic mass is 79.9. The summed E-state index contributed by atoms with van der Waals surface area (Å²) in [6.07, 6.45) is 0. The molecule has 0 radical (unpaired) electrons. The summed E-state index contributed by atoms with van der Waals surface area (Å²) in [7, 11) is -3.44. The fraction of sp³-hybridized carbons (Fsp3) is 0.125. The van der Waals surface area contributed by atoms with Crippen LogP contribution in [0, 0.1) is 0 Å². The Morgan fingerprint density at radius 2 is 2.13 bits per heavy atom. The van der Waals surface area contributed by atoms with Crippen molar-refractivity contribution in [3.05, 3.63) is 29.8 Å². The van der Waals surface area contributed by atoms with E-state index in [0.717, 1.165) is 0 Å². The van der Waals surface area contributed by atoms with E-state index in [1.807, 2.05) is 0 Å². The normalized spacial score (nSPS) is 11.0. The van der Waals surface area contributed by atoms with Gasteiger partial charge >= 0.3 is 5.97 Å². The number of sulfonamides is 1. The number of hydrogen-bond acceptors (Lipinski definition) is 3. The first-order chi connectivity index (χ1) is 6.94. The molecular formula is C8H8BrNO4S. The lowest BCUT2D eigenvalue weighted by Gasteiger charge is -2.05. The first kappa shape index (κ1) is 12.0. The predicted octanol–water partition coefficient (Wildman–Crippen LogP) is 1.48. The van der Waals surface area contributed by atoms with Crippen molar-refractivity contribution >= 4 is 37.6 Å². The fourth-order valence-corrected chi connectivity index (χ4v) is 1.81. The Hall–Kier alpha value is -1.08. The van der Waals surface area contributed by atoms with Gasteiger partial charge in [-0.05, 0) is 18.2 Å². The van der Waals surface area contributed by atoms with Crippen molar-refractivity contribution < 1.29 is 18.3 Å². The first-order valence-electron chi connectivity index (χ1n) is 3.84. The van der Waals surface area contributed by atoms with Crippen molar-refractivity contribution in [3.63, 3.8) is 0 Å². The van der Waals surface area contributed by atoms with Crippen LogP contribution in [0.4, 0.5) is 5.69 Å².